The highest BCUT2D eigenvalue weighted by Gasteiger charge is 2.85. The molecule has 2 aromatic carbocycles. The minimum atomic E-state index is -0.960. The van der Waals surface area contributed by atoms with E-state index in [2.05, 4.69) is 18.2 Å². The number of methoxy groups -OCH3 is 1. The summed E-state index contributed by atoms with van der Waals surface area (Å²) >= 11 is 0. The van der Waals surface area contributed by atoms with Crippen molar-refractivity contribution in [1.82, 2.24) is 0 Å². The van der Waals surface area contributed by atoms with Gasteiger partial charge in [-0.05, 0) is 48.2 Å². The lowest BCUT2D eigenvalue weighted by molar-refractivity contribution is -0.222. The molecular formula is C24H23N3O3. The number of fused-ring (bicyclic) bond motifs is 3. The average Bonchev–Trinajstić information content (AvgIpc) is 3.57. The van der Waals surface area contributed by atoms with Crippen LogP contribution >= 0.6 is 0 Å². The van der Waals surface area contributed by atoms with Gasteiger partial charge in [0, 0.05) is 11.8 Å². The first-order valence-electron chi connectivity index (χ1n) is 10.6. The SMILES string of the molecule is COc1ccc([C@]23N=N[C@](c4ccc(C#N)cc4)([C@@H]4CCC[C@@H]42)C32OCCO2)cc1. The number of nitrogens with zero attached hydrogens (tertiary/aromatic N) is 3. The first-order valence-corrected chi connectivity index (χ1v) is 10.6. The smallest absolute Gasteiger partial charge is 0.232 e. The van der Waals surface area contributed by atoms with Gasteiger partial charge in [-0.3, -0.25) is 0 Å². The third kappa shape index (κ3) is 1.86. The van der Waals surface area contributed by atoms with E-state index in [4.69, 9.17) is 24.4 Å². The van der Waals surface area contributed by atoms with Crippen molar-refractivity contribution in [3.8, 4) is 11.8 Å². The zero-order valence-electron chi connectivity index (χ0n) is 16.9. The van der Waals surface area contributed by atoms with Crippen LogP contribution in [-0.2, 0) is 20.6 Å². The summed E-state index contributed by atoms with van der Waals surface area (Å²) in [6, 6.07) is 18.1. The molecule has 6 heteroatoms. The Morgan fingerprint density at radius 2 is 1.43 bits per heavy atom. The first kappa shape index (κ1) is 18.1. The van der Waals surface area contributed by atoms with Gasteiger partial charge in [-0.15, -0.1) is 0 Å². The Hall–Kier alpha value is -2.75. The van der Waals surface area contributed by atoms with E-state index < -0.39 is 16.9 Å². The van der Waals surface area contributed by atoms with Gasteiger partial charge in [-0.25, -0.2) is 0 Å². The van der Waals surface area contributed by atoms with E-state index in [1.807, 2.05) is 36.4 Å². The van der Waals surface area contributed by atoms with Gasteiger partial charge in [0.1, 0.15) is 5.75 Å². The molecule has 1 spiro atoms. The summed E-state index contributed by atoms with van der Waals surface area (Å²) in [6.07, 6.45) is 3.28. The summed E-state index contributed by atoms with van der Waals surface area (Å²) in [4.78, 5) is 0. The summed E-state index contributed by atoms with van der Waals surface area (Å²) in [5.41, 5.74) is 1.36. The van der Waals surface area contributed by atoms with Crippen molar-refractivity contribution >= 4 is 0 Å². The van der Waals surface area contributed by atoms with E-state index in [1.165, 1.54) is 0 Å². The van der Waals surface area contributed by atoms with Crippen LogP contribution in [0.5, 0.6) is 5.75 Å². The lowest BCUT2D eigenvalue weighted by Crippen LogP contribution is -2.56. The lowest BCUT2D eigenvalue weighted by Gasteiger charge is -2.42. The average molecular weight is 401 g/mol. The third-order valence-corrected chi connectivity index (χ3v) is 7.64. The van der Waals surface area contributed by atoms with Gasteiger partial charge < -0.3 is 14.2 Å². The zero-order chi connectivity index (χ0) is 20.4. The van der Waals surface area contributed by atoms with Crippen molar-refractivity contribution in [3.05, 3.63) is 65.2 Å². The minimum absolute atomic E-state index is 0.281. The molecule has 0 radical (unpaired) electrons. The van der Waals surface area contributed by atoms with Gasteiger partial charge in [0.15, 0.2) is 11.1 Å². The molecule has 0 amide bonds. The lowest BCUT2D eigenvalue weighted by atomic mass is 9.74. The van der Waals surface area contributed by atoms with Crippen LogP contribution in [0.2, 0.25) is 0 Å². The molecule has 152 valence electrons. The van der Waals surface area contributed by atoms with Crippen LogP contribution in [0, 0.1) is 23.2 Å². The van der Waals surface area contributed by atoms with Crippen LogP contribution in [0.3, 0.4) is 0 Å². The number of rotatable bonds is 3. The molecule has 2 heterocycles. The third-order valence-electron chi connectivity index (χ3n) is 7.64. The standard InChI is InChI=1S/C24H23N3O3/c1-28-19-11-9-18(10-12-19)23-21-4-2-3-20(21)22(26-27-23,24(23)29-13-14-30-24)17-7-5-16(15-25)6-8-17/h5-12,20-21H,2-4,13-14H2,1H3/t20-,21+,22-,23+/m1/s1. The molecule has 6 nitrogen and oxygen atoms in total. The van der Waals surface area contributed by atoms with Crippen LogP contribution in [0.4, 0.5) is 0 Å². The highest BCUT2D eigenvalue weighted by molar-refractivity contribution is 5.48. The van der Waals surface area contributed by atoms with Crippen molar-refractivity contribution in [1.29, 1.82) is 5.26 Å². The first-order chi connectivity index (χ1) is 14.7. The number of hydrogen-bond acceptors (Lipinski definition) is 6. The van der Waals surface area contributed by atoms with E-state index in [0.29, 0.717) is 18.8 Å². The molecule has 2 saturated carbocycles. The zero-order valence-corrected chi connectivity index (χ0v) is 16.9. The number of benzene rings is 2. The van der Waals surface area contributed by atoms with Crippen LogP contribution in [-0.4, -0.2) is 26.1 Å². The highest BCUT2D eigenvalue weighted by atomic mass is 16.7. The monoisotopic (exact) mass is 401 g/mol. The summed E-state index contributed by atoms with van der Waals surface area (Å²) in [5, 5.41) is 19.3. The maximum atomic E-state index is 9.26. The number of hydrogen-bond donors (Lipinski definition) is 0. The van der Waals surface area contributed by atoms with Crippen molar-refractivity contribution in [3.63, 3.8) is 0 Å². The van der Waals surface area contributed by atoms with E-state index in [0.717, 1.165) is 36.1 Å². The summed E-state index contributed by atoms with van der Waals surface area (Å²) in [5.74, 6) is 0.422. The van der Waals surface area contributed by atoms with E-state index in [9.17, 15) is 5.26 Å². The fourth-order valence-electron chi connectivity index (χ4n) is 6.60. The summed E-state index contributed by atoms with van der Waals surface area (Å²) in [7, 11) is 1.67. The Kier molecular flexibility index (Phi) is 3.69. The Morgan fingerprint density at radius 1 is 0.900 bits per heavy atom. The second-order valence-electron chi connectivity index (χ2n) is 8.61. The summed E-state index contributed by atoms with van der Waals surface area (Å²) in [6.45, 7) is 1.06. The number of azo groups is 1. The van der Waals surface area contributed by atoms with E-state index in [-0.39, 0.29) is 11.8 Å². The van der Waals surface area contributed by atoms with E-state index in [1.54, 1.807) is 7.11 Å². The fourth-order valence-corrected chi connectivity index (χ4v) is 6.60. The Balaban J connectivity index is 1.60. The summed E-state index contributed by atoms with van der Waals surface area (Å²) < 4.78 is 18.5. The van der Waals surface area contributed by atoms with Gasteiger partial charge in [0.2, 0.25) is 5.79 Å². The fraction of sp³-hybridized carbons (Fsp3) is 0.458. The molecule has 0 aromatic heterocycles. The molecule has 0 N–H and O–H groups in total. The Morgan fingerprint density at radius 3 is 1.93 bits per heavy atom. The molecule has 2 aliphatic carbocycles. The van der Waals surface area contributed by atoms with Crippen LogP contribution < -0.4 is 4.74 Å². The molecular weight excluding hydrogens is 378 g/mol. The van der Waals surface area contributed by atoms with Crippen molar-refractivity contribution < 1.29 is 14.2 Å². The molecule has 6 rings (SSSR count). The van der Waals surface area contributed by atoms with Crippen molar-refractivity contribution in [2.24, 2.45) is 22.1 Å². The molecule has 2 aliphatic heterocycles. The van der Waals surface area contributed by atoms with Crippen LogP contribution in [0.25, 0.3) is 0 Å². The second-order valence-corrected chi connectivity index (χ2v) is 8.61. The molecule has 0 unspecified atom stereocenters. The number of nitriles is 1. The van der Waals surface area contributed by atoms with Gasteiger partial charge in [-0.1, -0.05) is 30.7 Å². The van der Waals surface area contributed by atoms with Crippen molar-refractivity contribution in [2.45, 2.75) is 36.1 Å². The Labute approximate surface area is 175 Å². The molecule has 2 aromatic rings. The second kappa shape index (κ2) is 6.13. The quantitative estimate of drug-likeness (QED) is 0.769. The van der Waals surface area contributed by atoms with Crippen LogP contribution in [0.15, 0.2) is 58.8 Å². The van der Waals surface area contributed by atoms with Crippen LogP contribution in [0.1, 0.15) is 36.0 Å². The van der Waals surface area contributed by atoms with Crippen molar-refractivity contribution in [2.75, 3.05) is 20.3 Å². The van der Waals surface area contributed by atoms with Gasteiger partial charge in [0.25, 0.3) is 0 Å². The maximum Gasteiger partial charge on any atom is 0.232 e. The Bertz CT molecular complexity index is 1050. The molecule has 30 heavy (non-hydrogen) atoms. The van der Waals surface area contributed by atoms with Gasteiger partial charge in [0.05, 0.1) is 32.0 Å². The molecule has 1 saturated heterocycles. The predicted octanol–water partition coefficient (Wildman–Crippen LogP) is 4.30. The maximum absolute atomic E-state index is 9.26. The largest absolute Gasteiger partial charge is 0.497 e. The normalized spacial score (nSPS) is 34.9. The van der Waals surface area contributed by atoms with Gasteiger partial charge in [-0.2, -0.15) is 15.5 Å². The number of ether oxygens (including phenoxy) is 3. The highest BCUT2D eigenvalue weighted by Crippen LogP contribution is 2.75. The van der Waals surface area contributed by atoms with E-state index >= 15 is 0 Å². The molecule has 2 bridgehead atoms. The minimum Gasteiger partial charge on any atom is -0.497 e. The molecule has 3 fully saturated rings. The predicted molar refractivity (Wildman–Crippen MR) is 108 cm³/mol. The topological polar surface area (TPSA) is 76.2 Å². The van der Waals surface area contributed by atoms with Gasteiger partial charge >= 0.3 is 0 Å². The molecule has 4 atom stereocenters. The molecule has 4 aliphatic rings.